The molecule has 0 unspecified atom stereocenters. The molecule has 0 N–H and O–H groups in total. The zero-order chi connectivity index (χ0) is 18.8. The Bertz CT molecular complexity index is 940. The van der Waals surface area contributed by atoms with Crippen molar-refractivity contribution in [2.45, 2.75) is 32.2 Å². The SMILES string of the molecule is CC(C)c1noc(-c2cn([C@H]3CCN(C(=O)/C=C/c4ccco4)C3)nn2)n1. The summed E-state index contributed by atoms with van der Waals surface area (Å²) >= 11 is 0. The van der Waals surface area contributed by atoms with E-state index in [0.29, 0.717) is 36.3 Å². The summed E-state index contributed by atoms with van der Waals surface area (Å²) in [5.74, 6) is 1.78. The number of amides is 1. The van der Waals surface area contributed by atoms with Crippen molar-refractivity contribution in [2.24, 2.45) is 0 Å². The van der Waals surface area contributed by atoms with Crippen molar-refractivity contribution < 1.29 is 13.7 Å². The summed E-state index contributed by atoms with van der Waals surface area (Å²) in [5.41, 5.74) is 0.539. The molecule has 3 aromatic rings. The maximum Gasteiger partial charge on any atom is 0.280 e. The van der Waals surface area contributed by atoms with Crippen molar-refractivity contribution in [2.75, 3.05) is 13.1 Å². The van der Waals surface area contributed by atoms with Gasteiger partial charge in [-0.15, -0.1) is 5.10 Å². The largest absolute Gasteiger partial charge is 0.465 e. The molecule has 4 heterocycles. The Hall–Kier alpha value is -3.23. The zero-order valence-electron chi connectivity index (χ0n) is 15.1. The van der Waals surface area contributed by atoms with E-state index in [4.69, 9.17) is 8.94 Å². The van der Waals surface area contributed by atoms with Crippen molar-refractivity contribution in [3.05, 3.63) is 42.3 Å². The third kappa shape index (κ3) is 3.67. The number of hydrogen-bond donors (Lipinski definition) is 0. The average Bonchev–Trinajstić information content (AvgIpc) is 3.46. The van der Waals surface area contributed by atoms with Gasteiger partial charge in [-0.25, -0.2) is 4.68 Å². The van der Waals surface area contributed by atoms with Crippen LogP contribution in [-0.2, 0) is 4.79 Å². The number of nitrogens with zero attached hydrogens (tertiary/aromatic N) is 6. The predicted molar refractivity (Wildman–Crippen MR) is 95.4 cm³/mol. The van der Waals surface area contributed by atoms with Crippen LogP contribution in [0, 0.1) is 0 Å². The summed E-state index contributed by atoms with van der Waals surface area (Å²) in [6.45, 7) is 5.23. The standard InChI is InChI=1S/C18H20N6O3/c1-12(2)17-19-18(27-21-17)15-11-24(22-20-15)13-7-8-23(10-13)16(25)6-5-14-4-3-9-26-14/h3-6,9,11-13H,7-8,10H2,1-2H3/b6-5+/t13-/m0/s1. The van der Waals surface area contributed by atoms with Gasteiger partial charge in [0.25, 0.3) is 5.89 Å². The molecule has 1 saturated heterocycles. The van der Waals surface area contributed by atoms with Crippen molar-refractivity contribution in [3.8, 4) is 11.6 Å². The first-order valence-corrected chi connectivity index (χ1v) is 8.86. The first-order valence-electron chi connectivity index (χ1n) is 8.86. The topological polar surface area (TPSA) is 103 Å². The molecule has 1 aliphatic heterocycles. The molecule has 0 aliphatic carbocycles. The number of carbonyl (C=O) groups is 1. The van der Waals surface area contributed by atoms with Crippen molar-refractivity contribution in [3.63, 3.8) is 0 Å². The number of likely N-dealkylation sites (tertiary alicyclic amines) is 1. The molecule has 1 aliphatic rings. The van der Waals surface area contributed by atoms with Gasteiger partial charge < -0.3 is 13.8 Å². The van der Waals surface area contributed by atoms with Gasteiger partial charge in [-0.3, -0.25) is 4.79 Å². The smallest absolute Gasteiger partial charge is 0.280 e. The summed E-state index contributed by atoms with van der Waals surface area (Å²) in [6.07, 6.45) is 7.37. The quantitative estimate of drug-likeness (QED) is 0.637. The van der Waals surface area contributed by atoms with E-state index in [1.807, 2.05) is 13.8 Å². The Morgan fingerprint density at radius 2 is 2.30 bits per heavy atom. The van der Waals surface area contributed by atoms with E-state index in [1.165, 1.54) is 6.08 Å². The van der Waals surface area contributed by atoms with Gasteiger partial charge in [-0.2, -0.15) is 4.98 Å². The fraction of sp³-hybridized carbons (Fsp3) is 0.389. The number of rotatable bonds is 5. The van der Waals surface area contributed by atoms with Gasteiger partial charge in [0, 0.05) is 25.1 Å². The number of furan rings is 1. The molecule has 4 rings (SSSR count). The lowest BCUT2D eigenvalue weighted by atomic mass is 10.2. The number of carbonyl (C=O) groups excluding carboxylic acids is 1. The Kier molecular flexibility index (Phi) is 4.57. The predicted octanol–water partition coefficient (Wildman–Crippen LogP) is 2.53. The molecule has 0 radical (unpaired) electrons. The second-order valence-corrected chi connectivity index (χ2v) is 6.77. The second-order valence-electron chi connectivity index (χ2n) is 6.77. The molecular formula is C18H20N6O3. The van der Waals surface area contributed by atoms with Crippen LogP contribution in [0.5, 0.6) is 0 Å². The van der Waals surface area contributed by atoms with Gasteiger partial charge in [0.15, 0.2) is 11.5 Å². The fourth-order valence-corrected chi connectivity index (χ4v) is 2.93. The van der Waals surface area contributed by atoms with Gasteiger partial charge in [0.05, 0.1) is 18.5 Å². The van der Waals surface area contributed by atoms with Crippen LogP contribution in [0.2, 0.25) is 0 Å². The molecule has 0 bridgehead atoms. The highest BCUT2D eigenvalue weighted by molar-refractivity contribution is 5.91. The van der Waals surface area contributed by atoms with Crippen LogP contribution in [0.25, 0.3) is 17.7 Å². The molecule has 0 spiro atoms. The first kappa shape index (κ1) is 17.2. The van der Waals surface area contributed by atoms with E-state index >= 15 is 0 Å². The highest BCUT2D eigenvalue weighted by atomic mass is 16.5. The highest BCUT2D eigenvalue weighted by Gasteiger charge is 2.28. The Morgan fingerprint density at radius 1 is 1.41 bits per heavy atom. The summed E-state index contributed by atoms with van der Waals surface area (Å²) in [6, 6.07) is 3.65. The third-order valence-corrected chi connectivity index (χ3v) is 4.47. The van der Waals surface area contributed by atoms with Gasteiger partial charge in [0.1, 0.15) is 5.76 Å². The Labute approximate surface area is 155 Å². The van der Waals surface area contributed by atoms with Gasteiger partial charge in [0.2, 0.25) is 5.91 Å². The van der Waals surface area contributed by atoms with E-state index in [2.05, 4.69) is 20.5 Å². The molecule has 140 valence electrons. The highest BCUT2D eigenvalue weighted by Crippen LogP contribution is 2.24. The molecule has 0 aromatic carbocycles. The van der Waals surface area contributed by atoms with Crippen LogP contribution >= 0.6 is 0 Å². The monoisotopic (exact) mass is 368 g/mol. The molecule has 3 aromatic heterocycles. The minimum absolute atomic E-state index is 0.0484. The number of hydrogen-bond acceptors (Lipinski definition) is 7. The van der Waals surface area contributed by atoms with E-state index < -0.39 is 0 Å². The van der Waals surface area contributed by atoms with Crippen molar-refractivity contribution in [1.29, 1.82) is 0 Å². The molecular weight excluding hydrogens is 348 g/mol. The van der Waals surface area contributed by atoms with Crippen molar-refractivity contribution in [1.82, 2.24) is 30.0 Å². The summed E-state index contributed by atoms with van der Waals surface area (Å²) in [5, 5.41) is 12.3. The lowest BCUT2D eigenvalue weighted by molar-refractivity contribution is -0.125. The summed E-state index contributed by atoms with van der Waals surface area (Å²) in [4.78, 5) is 18.5. The van der Waals surface area contributed by atoms with Crippen LogP contribution in [-0.4, -0.2) is 49.0 Å². The number of aromatic nitrogens is 5. The second kappa shape index (κ2) is 7.18. The molecule has 9 nitrogen and oxygen atoms in total. The Balaban J connectivity index is 1.40. The molecule has 1 atom stereocenters. The first-order chi connectivity index (χ1) is 13.1. The molecule has 27 heavy (non-hydrogen) atoms. The van der Waals surface area contributed by atoms with Crippen LogP contribution in [0.3, 0.4) is 0 Å². The maximum absolute atomic E-state index is 12.3. The van der Waals surface area contributed by atoms with Gasteiger partial charge >= 0.3 is 0 Å². The van der Waals surface area contributed by atoms with Crippen LogP contribution in [0.15, 0.2) is 39.6 Å². The van der Waals surface area contributed by atoms with E-state index in [-0.39, 0.29) is 17.9 Å². The lowest BCUT2D eigenvalue weighted by Gasteiger charge is -2.14. The fourth-order valence-electron chi connectivity index (χ4n) is 2.93. The van der Waals surface area contributed by atoms with Crippen LogP contribution < -0.4 is 0 Å². The zero-order valence-corrected chi connectivity index (χ0v) is 15.1. The van der Waals surface area contributed by atoms with Crippen LogP contribution in [0.4, 0.5) is 0 Å². The maximum atomic E-state index is 12.3. The summed E-state index contributed by atoms with van der Waals surface area (Å²) in [7, 11) is 0. The van der Waals surface area contributed by atoms with Gasteiger partial charge in [-0.1, -0.05) is 24.2 Å². The minimum atomic E-state index is -0.0484. The summed E-state index contributed by atoms with van der Waals surface area (Å²) < 4.78 is 12.2. The van der Waals surface area contributed by atoms with Crippen molar-refractivity contribution >= 4 is 12.0 Å². The van der Waals surface area contributed by atoms with Gasteiger partial charge in [-0.05, 0) is 24.6 Å². The molecule has 9 heteroatoms. The van der Waals surface area contributed by atoms with Crippen LogP contribution in [0.1, 0.15) is 43.8 Å². The normalized spacial score (nSPS) is 17.4. The Morgan fingerprint density at radius 3 is 3.04 bits per heavy atom. The van der Waals surface area contributed by atoms with E-state index in [1.54, 1.807) is 40.3 Å². The molecule has 1 amide bonds. The van der Waals surface area contributed by atoms with E-state index in [0.717, 1.165) is 6.42 Å². The molecule has 0 saturated carbocycles. The average molecular weight is 368 g/mol. The lowest BCUT2D eigenvalue weighted by Crippen LogP contribution is -2.27. The third-order valence-electron chi connectivity index (χ3n) is 4.47. The van der Waals surface area contributed by atoms with E-state index in [9.17, 15) is 4.79 Å². The minimum Gasteiger partial charge on any atom is -0.465 e. The molecule has 1 fully saturated rings.